The summed E-state index contributed by atoms with van der Waals surface area (Å²) in [6.45, 7) is 7.12. The van der Waals surface area contributed by atoms with Crippen molar-refractivity contribution in [1.82, 2.24) is 9.88 Å². The first-order chi connectivity index (χ1) is 16.7. The number of imide groups is 1. The normalized spacial score (nSPS) is 13.2. The number of amides is 2. The van der Waals surface area contributed by atoms with E-state index in [0.717, 1.165) is 35.8 Å². The summed E-state index contributed by atoms with van der Waals surface area (Å²) in [4.78, 5) is 32.1. The number of rotatable bonds is 8. The van der Waals surface area contributed by atoms with E-state index in [2.05, 4.69) is 14.6 Å². The van der Waals surface area contributed by atoms with Gasteiger partial charge in [-0.2, -0.15) is 0 Å². The van der Waals surface area contributed by atoms with Gasteiger partial charge in [0.05, 0.1) is 22.7 Å². The van der Waals surface area contributed by atoms with Crippen molar-refractivity contribution in [3.63, 3.8) is 0 Å². The molecule has 10 heteroatoms. The number of fused-ring (bicyclic) bond motifs is 1. The van der Waals surface area contributed by atoms with E-state index in [9.17, 15) is 22.4 Å². The van der Waals surface area contributed by atoms with Gasteiger partial charge in [0.15, 0.2) is 0 Å². The van der Waals surface area contributed by atoms with E-state index < -0.39 is 27.7 Å². The standard InChI is InChI=1S/C25H25FN4O4S/c1-4-29(5-2)19-10-11-21(16(3)13-19)28-35(33,34)22-14-18(26)9-8-17(22)15-30-24(31)20-7-6-12-27-23(20)25(30)32/h6-14,28H,4-5,15H2,1-3H3. The number of carbonyl (C=O) groups is 2. The maximum atomic E-state index is 14.1. The minimum absolute atomic E-state index is 0.00561. The molecule has 35 heavy (non-hydrogen) atoms. The second-order valence-electron chi connectivity index (χ2n) is 8.13. The van der Waals surface area contributed by atoms with E-state index in [1.54, 1.807) is 19.1 Å². The van der Waals surface area contributed by atoms with Crippen molar-refractivity contribution in [3.05, 3.63) is 82.9 Å². The van der Waals surface area contributed by atoms with E-state index in [1.807, 2.05) is 26.0 Å². The van der Waals surface area contributed by atoms with Crippen LogP contribution in [0.25, 0.3) is 0 Å². The van der Waals surface area contributed by atoms with Gasteiger partial charge in [0.1, 0.15) is 11.5 Å². The predicted octanol–water partition coefficient (Wildman–Crippen LogP) is 3.97. The van der Waals surface area contributed by atoms with Crippen molar-refractivity contribution >= 4 is 33.2 Å². The van der Waals surface area contributed by atoms with Gasteiger partial charge in [-0.3, -0.25) is 24.2 Å². The van der Waals surface area contributed by atoms with Crippen molar-refractivity contribution in [1.29, 1.82) is 0 Å². The number of aromatic nitrogens is 1. The molecule has 1 aliphatic rings. The monoisotopic (exact) mass is 496 g/mol. The molecule has 4 rings (SSSR count). The Labute approximate surface area is 203 Å². The SMILES string of the molecule is CCN(CC)c1ccc(NS(=O)(=O)c2cc(F)ccc2CN2C(=O)c3cccnc3C2=O)c(C)c1. The first-order valence-electron chi connectivity index (χ1n) is 11.1. The lowest BCUT2D eigenvalue weighted by Crippen LogP contribution is -2.30. The highest BCUT2D eigenvalue weighted by Gasteiger charge is 2.37. The molecule has 0 radical (unpaired) electrons. The largest absolute Gasteiger partial charge is 0.372 e. The zero-order chi connectivity index (χ0) is 25.3. The summed E-state index contributed by atoms with van der Waals surface area (Å²) in [5, 5.41) is 0. The minimum atomic E-state index is -4.25. The van der Waals surface area contributed by atoms with E-state index in [4.69, 9.17) is 0 Å². The van der Waals surface area contributed by atoms with Crippen molar-refractivity contribution in [2.24, 2.45) is 0 Å². The van der Waals surface area contributed by atoms with E-state index in [-0.39, 0.29) is 28.3 Å². The third-order valence-electron chi connectivity index (χ3n) is 5.96. The summed E-state index contributed by atoms with van der Waals surface area (Å²) >= 11 is 0. The molecule has 182 valence electrons. The Kier molecular flexibility index (Phi) is 6.58. The van der Waals surface area contributed by atoms with E-state index >= 15 is 0 Å². The zero-order valence-corrected chi connectivity index (χ0v) is 20.4. The van der Waals surface area contributed by atoms with Crippen LogP contribution in [-0.4, -0.2) is 43.2 Å². The average Bonchev–Trinajstić information content (AvgIpc) is 3.07. The molecule has 3 aromatic rings. The lowest BCUT2D eigenvalue weighted by Gasteiger charge is -2.22. The van der Waals surface area contributed by atoms with Gasteiger partial charge < -0.3 is 4.90 Å². The highest BCUT2D eigenvalue weighted by Crippen LogP contribution is 2.29. The smallest absolute Gasteiger partial charge is 0.280 e. The highest BCUT2D eigenvalue weighted by molar-refractivity contribution is 7.92. The maximum absolute atomic E-state index is 14.1. The first-order valence-corrected chi connectivity index (χ1v) is 12.6. The fourth-order valence-corrected chi connectivity index (χ4v) is 5.46. The van der Waals surface area contributed by atoms with Crippen LogP contribution in [0.15, 0.2) is 59.6 Å². The number of pyridine rings is 1. The maximum Gasteiger partial charge on any atom is 0.280 e. The fraction of sp³-hybridized carbons (Fsp3) is 0.240. The van der Waals surface area contributed by atoms with Crippen LogP contribution >= 0.6 is 0 Å². The lowest BCUT2D eigenvalue weighted by atomic mass is 10.1. The Hall–Kier alpha value is -3.79. The van der Waals surface area contributed by atoms with Gasteiger partial charge in [-0.05, 0) is 74.4 Å². The van der Waals surface area contributed by atoms with Crippen LogP contribution in [0.5, 0.6) is 0 Å². The van der Waals surface area contributed by atoms with Crippen molar-refractivity contribution in [2.75, 3.05) is 22.7 Å². The molecular formula is C25H25FN4O4S. The second-order valence-corrected chi connectivity index (χ2v) is 9.78. The van der Waals surface area contributed by atoms with Gasteiger partial charge in [-0.1, -0.05) is 6.07 Å². The Morgan fingerprint density at radius 3 is 2.43 bits per heavy atom. The molecule has 0 aliphatic carbocycles. The van der Waals surface area contributed by atoms with Crippen molar-refractivity contribution in [2.45, 2.75) is 32.2 Å². The summed E-state index contributed by atoms with van der Waals surface area (Å²) in [6.07, 6.45) is 1.40. The number of hydrogen-bond acceptors (Lipinski definition) is 6. The number of carbonyl (C=O) groups excluding carboxylic acids is 2. The summed E-state index contributed by atoms with van der Waals surface area (Å²) in [5.74, 6) is -1.97. The van der Waals surface area contributed by atoms with Crippen LogP contribution in [0.1, 0.15) is 45.8 Å². The molecule has 0 atom stereocenters. The first kappa shape index (κ1) is 24.3. The summed E-state index contributed by atoms with van der Waals surface area (Å²) in [6, 6.07) is 11.6. The minimum Gasteiger partial charge on any atom is -0.372 e. The molecule has 1 aliphatic heterocycles. The summed E-state index contributed by atoms with van der Waals surface area (Å²) in [7, 11) is -4.25. The predicted molar refractivity (Wildman–Crippen MR) is 130 cm³/mol. The molecule has 2 heterocycles. The van der Waals surface area contributed by atoms with Gasteiger partial charge in [0, 0.05) is 25.0 Å². The van der Waals surface area contributed by atoms with Crippen LogP contribution in [0.2, 0.25) is 0 Å². The molecule has 2 aromatic carbocycles. The van der Waals surface area contributed by atoms with Gasteiger partial charge in [0.25, 0.3) is 21.8 Å². The Balaban J connectivity index is 1.65. The topological polar surface area (TPSA) is 99.7 Å². The molecule has 0 fully saturated rings. The molecule has 0 bridgehead atoms. The molecule has 8 nitrogen and oxygen atoms in total. The molecule has 0 unspecified atom stereocenters. The zero-order valence-electron chi connectivity index (χ0n) is 19.6. The Bertz CT molecular complexity index is 1390. The number of sulfonamides is 1. The highest BCUT2D eigenvalue weighted by atomic mass is 32.2. The van der Waals surface area contributed by atoms with E-state index in [1.165, 1.54) is 18.3 Å². The number of anilines is 2. The van der Waals surface area contributed by atoms with Crippen LogP contribution in [0.4, 0.5) is 15.8 Å². The number of halogens is 1. The number of benzene rings is 2. The molecule has 1 N–H and O–H groups in total. The number of nitrogens with zero attached hydrogens (tertiary/aromatic N) is 3. The molecule has 2 amide bonds. The van der Waals surface area contributed by atoms with Gasteiger partial charge >= 0.3 is 0 Å². The molecule has 0 saturated carbocycles. The van der Waals surface area contributed by atoms with Crippen molar-refractivity contribution < 1.29 is 22.4 Å². The molecule has 1 aromatic heterocycles. The number of hydrogen-bond donors (Lipinski definition) is 1. The summed E-state index contributed by atoms with van der Waals surface area (Å²) in [5.41, 5.74) is 2.26. The summed E-state index contributed by atoms with van der Waals surface area (Å²) < 4.78 is 43.3. The van der Waals surface area contributed by atoms with Crippen LogP contribution < -0.4 is 9.62 Å². The molecule has 0 spiro atoms. The number of nitrogens with one attached hydrogen (secondary N) is 1. The fourth-order valence-electron chi connectivity index (χ4n) is 4.08. The lowest BCUT2D eigenvalue weighted by molar-refractivity contribution is 0.0639. The quantitative estimate of drug-likeness (QED) is 0.474. The third kappa shape index (κ3) is 4.61. The van der Waals surface area contributed by atoms with Crippen molar-refractivity contribution in [3.8, 4) is 0 Å². The third-order valence-corrected chi connectivity index (χ3v) is 7.41. The van der Waals surface area contributed by atoms with Crippen LogP contribution in [0.3, 0.4) is 0 Å². The van der Waals surface area contributed by atoms with Gasteiger partial charge in [-0.15, -0.1) is 0 Å². The second kappa shape index (κ2) is 9.46. The Morgan fingerprint density at radius 1 is 1.03 bits per heavy atom. The van der Waals surface area contributed by atoms with Gasteiger partial charge in [0.2, 0.25) is 0 Å². The molecular weight excluding hydrogens is 471 g/mol. The molecule has 0 saturated heterocycles. The van der Waals surface area contributed by atoms with Crippen LogP contribution in [-0.2, 0) is 16.6 Å². The Morgan fingerprint density at radius 2 is 1.77 bits per heavy atom. The average molecular weight is 497 g/mol. The van der Waals surface area contributed by atoms with Gasteiger partial charge in [-0.25, -0.2) is 12.8 Å². The van der Waals surface area contributed by atoms with E-state index in [0.29, 0.717) is 11.3 Å². The number of aryl methyl sites for hydroxylation is 1. The van der Waals surface area contributed by atoms with Crippen LogP contribution in [0, 0.1) is 12.7 Å².